The lowest BCUT2D eigenvalue weighted by Crippen LogP contribution is -2.63. The smallest absolute Gasteiger partial charge is 0.338 e. The van der Waals surface area contributed by atoms with Gasteiger partial charge in [-0.15, -0.1) is 13.2 Å². The number of hydrogen-bond donors (Lipinski definition) is 1. The van der Waals surface area contributed by atoms with Gasteiger partial charge in [-0.05, 0) is 48.9 Å². The summed E-state index contributed by atoms with van der Waals surface area (Å²) in [4.78, 5) is 41.0. The summed E-state index contributed by atoms with van der Waals surface area (Å²) in [7, 11) is 1.34. The normalized spacial score (nSPS) is 21.9. The largest absolute Gasteiger partial charge is 0.455 e. The lowest BCUT2D eigenvalue weighted by atomic mass is 9.94. The van der Waals surface area contributed by atoms with Gasteiger partial charge in [0.05, 0.1) is 24.0 Å². The van der Waals surface area contributed by atoms with E-state index < -0.39 is 67.1 Å². The summed E-state index contributed by atoms with van der Waals surface area (Å²) in [5.41, 5.74) is 2.07. The Kier molecular flexibility index (Phi) is 13.5. The minimum atomic E-state index is -1.39. The van der Waals surface area contributed by atoms with Gasteiger partial charge < -0.3 is 28.8 Å². The van der Waals surface area contributed by atoms with Crippen LogP contribution in [0.4, 0.5) is 0 Å². The zero-order valence-electron chi connectivity index (χ0n) is 26.5. The van der Waals surface area contributed by atoms with Crippen molar-refractivity contribution in [2.75, 3.05) is 13.7 Å². The van der Waals surface area contributed by atoms with Crippen LogP contribution in [0.1, 0.15) is 34.3 Å². The van der Waals surface area contributed by atoms with Gasteiger partial charge in [-0.1, -0.05) is 91.0 Å². The number of carbonyl (C=O) groups excluding carboxylic acids is 3. The predicted molar refractivity (Wildman–Crippen MR) is 175 cm³/mol. The van der Waals surface area contributed by atoms with Gasteiger partial charge in [-0.2, -0.15) is 0 Å². The molecular weight excluding hydrogens is 600 g/mol. The molecule has 1 heterocycles. The minimum absolute atomic E-state index is 0.243. The Balaban J connectivity index is 1.68. The molecule has 1 saturated heterocycles. The topological polar surface area (TPSA) is 118 Å². The van der Waals surface area contributed by atoms with E-state index in [1.165, 1.54) is 7.11 Å². The Bertz CT molecular complexity index is 1440. The van der Waals surface area contributed by atoms with Gasteiger partial charge in [0.1, 0.15) is 6.10 Å². The van der Waals surface area contributed by atoms with Crippen molar-refractivity contribution in [3.05, 3.63) is 133 Å². The van der Waals surface area contributed by atoms with Gasteiger partial charge in [0, 0.05) is 7.11 Å². The molecule has 0 bridgehead atoms. The predicted octanol–water partition coefficient (Wildman–Crippen LogP) is 5.27. The van der Waals surface area contributed by atoms with Crippen LogP contribution in [0.2, 0.25) is 0 Å². The minimum Gasteiger partial charge on any atom is -0.455 e. The van der Waals surface area contributed by atoms with E-state index in [4.69, 9.17) is 23.7 Å². The van der Waals surface area contributed by atoms with E-state index in [2.05, 4.69) is 13.2 Å². The van der Waals surface area contributed by atoms with E-state index >= 15 is 0 Å². The molecule has 4 rings (SSSR count). The highest BCUT2D eigenvalue weighted by atomic mass is 16.7. The zero-order valence-corrected chi connectivity index (χ0v) is 26.5. The molecule has 0 unspecified atom stereocenters. The van der Waals surface area contributed by atoms with Crippen LogP contribution in [-0.4, -0.2) is 67.4 Å². The van der Waals surface area contributed by atoms with Gasteiger partial charge in [0.25, 0.3) is 0 Å². The van der Waals surface area contributed by atoms with Crippen LogP contribution < -0.4 is 0 Å². The van der Waals surface area contributed by atoms with Gasteiger partial charge in [0.2, 0.25) is 0 Å². The molecular formula is C38H42O9. The third kappa shape index (κ3) is 9.71. The fraction of sp³-hybridized carbons (Fsp3) is 0.342. The Morgan fingerprint density at radius 2 is 1.19 bits per heavy atom. The summed E-state index contributed by atoms with van der Waals surface area (Å²) in [6.07, 6.45) is -1.95. The second-order valence-corrected chi connectivity index (χ2v) is 11.3. The number of methoxy groups -OCH3 is 1. The lowest BCUT2D eigenvalue weighted by Gasteiger charge is -2.44. The molecule has 0 spiro atoms. The Labute approximate surface area is 275 Å². The summed E-state index contributed by atoms with van der Waals surface area (Å²) in [5, 5.41) is 10.4. The molecule has 1 aliphatic rings. The highest BCUT2D eigenvalue weighted by Crippen LogP contribution is 2.32. The number of hydrogen-bond acceptors (Lipinski definition) is 9. The van der Waals surface area contributed by atoms with Gasteiger partial charge >= 0.3 is 17.9 Å². The first kappa shape index (κ1) is 35.3. The molecule has 0 aromatic heterocycles. The van der Waals surface area contributed by atoms with Gasteiger partial charge in [-0.25, -0.2) is 4.79 Å². The molecule has 3 aromatic rings. The maximum Gasteiger partial charge on any atom is 0.338 e. The van der Waals surface area contributed by atoms with E-state index in [-0.39, 0.29) is 5.56 Å². The van der Waals surface area contributed by atoms with Crippen molar-refractivity contribution in [1.29, 1.82) is 0 Å². The second kappa shape index (κ2) is 17.9. The first-order valence-corrected chi connectivity index (χ1v) is 15.6. The highest BCUT2D eigenvalue weighted by Gasteiger charge is 2.53. The average Bonchev–Trinajstić information content (AvgIpc) is 3.10. The molecule has 0 radical (unpaired) electrons. The molecule has 47 heavy (non-hydrogen) atoms. The summed E-state index contributed by atoms with van der Waals surface area (Å²) >= 11 is 0. The van der Waals surface area contributed by atoms with Crippen LogP contribution in [0.15, 0.2) is 116 Å². The maximum atomic E-state index is 13.9. The molecule has 248 valence electrons. The van der Waals surface area contributed by atoms with Crippen molar-refractivity contribution in [3.63, 3.8) is 0 Å². The Hall–Kier alpha value is -4.57. The molecule has 1 N–H and O–H groups in total. The summed E-state index contributed by atoms with van der Waals surface area (Å²) in [6, 6.07) is 27.2. The van der Waals surface area contributed by atoms with Crippen molar-refractivity contribution in [2.45, 2.75) is 56.4 Å². The van der Waals surface area contributed by atoms with E-state index in [9.17, 15) is 19.5 Å². The monoisotopic (exact) mass is 642 g/mol. The molecule has 1 fully saturated rings. The number of aliphatic hydroxyl groups is 1. The molecule has 3 aromatic carbocycles. The van der Waals surface area contributed by atoms with Crippen LogP contribution in [0.3, 0.4) is 0 Å². The first-order valence-electron chi connectivity index (χ1n) is 15.6. The fourth-order valence-electron chi connectivity index (χ4n) is 5.57. The lowest BCUT2D eigenvalue weighted by molar-refractivity contribution is -0.300. The van der Waals surface area contributed by atoms with Crippen molar-refractivity contribution >= 4 is 17.9 Å². The van der Waals surface area contributed by atoms with Crippen molar-refractivity contribution in [3.8, 4) is 0 Å². The van der Waals surface area contributed by atoms with E-state index in [0.29, 0.717) is 25.7 Å². The summed E-state index contributed by atoms with van der Waals surface area (Å²) in [5.74, 6) is -3.25. The number of esters is 3. The van der Waals surface area contributed by atoms with Crippen LogP contribution in [0.5, 0.6) is 0 Å². The number of aliphatic hydroxyl groups excluding tert-OH is 1. The quantitative estimate of drug-likeness (QED) is 0.127. The number of allylic oxidation sites excluding steroid dienone is 2. The standard InChI is InChI=1S/C38H42O9/c1-4-15-29(23-26-17-9-6-10-18-26)36(41)45-32-31(25-39)44-38(43-3)34(47-35(40)28-21-13-8-14-22-28)33(32)46-37(42)30(16-5-2)24-27-19-11-7-12-20-27/h4-14,17-22,29-34,38-39H,1-2,15-16,23-25H2,3H3/t29-,30-,31+,32+,33-,34+,38-/m0/s1. The molecule has 0 amide bonds. The van der Waals surface area contributed by atoms with Gasteiger partial charge in [-0.3, -0.25) is 9.59 Å². The molecule has 0 saturated carbocycles. The second-order valence-electron chi connectivity index (χ2n) is 11.3. The van der Waals surface area contributed by atoms with E-state index in [1.54, 1.807) is 42.5 Å². The third-order valence-corrected chi connectivity index (χ3v) is 7.98. The summed E-state index contributed by atoms with van der Waals surface area (Å²) in [6.45, 7) is 7.01. The van der Waals surface area contributed by atoms with E-state index in [1.807, 2.05) is 60.7 Å². The van der Waals surface area contributed by atoms with Crippen LogP contribution in [0, 0.1) is 11.8 Å². The molecule has 1 aliphatic heterocycles. The molecule has 7 atom stereocenters. The Morgan fingerprint density at radius 3 is 1.64 bits per heavy atom. The number of carbonyl (C=O) groups is 3. The van der Waals surface area contributed by atoms with Crippen molar-refractivity contribution in [2.24, 2.45) is 11.8 Å². The SMILES string of the molecule is C=CC[C@@H](Cc1ccccc1)C(=O)O[C@@H]1[C@@H](OC(=O)c2ccccc2)[C@@H](OC)O[C@H](CO)[C@H]1OC(=O)[C@@H](CC=C)Cc1ccccc1. The van der Waals surface area contributed by atoms with Crippen LogP contribution in [0.25, 0.3) is 0 Å². The van der Waals surface area contributed by atoms with Crippen molar-refractivity contribution in [1.82, 2.24) is 0 Å². The molecule has 9 heteroatoms. The number of ether oxygens (including phenoxy) is 5. The van der Waals surface area contributed by atoms with Gasteiger partial charge in [0.15, 0.2) is 24.6 Å². The number of rotatable bonds is 16. The fourth-order valence-corrected chi connectivity index (χ4v) is 5.57. The molecule has 0 aliphatic carbocycles. The first-order chi connectivity index (χ1) is 22.9. The highest BCUT2D eigenvalue weighted by molar-refractivity contribution is 5.89. The van der Waals surface area contributed by atoms with Crippen LogP contribution in [-0.2, 0) is 46.1 Å². The van der Waals surface area contributed by atoms with Crippen LogP contribution >= 0.6 is 0 Å². The maximum absolute atomic E-state index is 13.9. The third-order valence-electron chi connectivity index (χ3n) is 7.98. The van der Waals surface area contributed by atoms with Crippen molar-refractivity contribution < 1.29 is 43.2 Å². The average molecular weight is 643 g/mol. The molecule has 9 nitrogen and oxygen atoms in total. The van der Waals surface area contributed by atoms with E-state index in [0.717, 1.165) is 11.1 Å². The Morgan fingerprint density at radius 1 is 0.723 bits per heavy atom. The number of benzene rings is 3. The summed E-state index contributed by atoms with van der Waals surface area (Å²) < 4.78 is 29.6. The zero-order chi connectivity index (χ0) is 33.6.